The molecule has 6 heteroatoms. The molecule has 4 rings (SSSR count). The minimum absolute atomic E-state index is 0.0471. The maximum absolute atomic E-state index is 5.89. The smallest absolute Gasteiger partial charge is 0.177 e. The molecule has 0 aliphatic carbocycles. The SMILES string of the molecule is CC(C)(C)c1nc2ccc(Cl)cc2[nH]1.Cc1cnc2nc(C(C)(C)C)[nH]c2c1. The van der Waals surface area contributed by atoms with Crippen LogP contribution in [0.2, 0.25) is 5.02 Å². The summed E-state index contributed by atoms with van der Waals surface area (Å²) in [7, 11) is 0. The Morgan fingerprint density at radius 3 is 2.07 bits per heavy atom. The summed E-state index contributed by atoms with van der Waals surface area (Å²) in [6.07, 6.45) is 1.84. The van der Waals surface area contributed by atoms with Gasteiger partial charge in [0, 0.05) is 22.0 Å². The molecule has 1 aromatic carbocycles. The molecule has 0 saturated carbocycles. The van der Waals surface area contributed by atoms with E-state index >= 15 is 0 Å². The predicted molar refractivity (Wildman–Crippen MR) is 117 cm³/mol. The van der Waals surface area contributed by atoms with Crippen LogP contribution >= 0.6 is 11.6 Å². The van der Waals surface area contributed by atoms with Crippen LogP contribution in [0.3, 0.4) is 0 Å². The number of benzene rings is 1. The molecule has 0 radical (unpaired) electrons. The molecule has 3 heterocycles. The predicted octanol–water partition coefficient (Wildman–Crippen LogP) is 6.08. The van der Waals surface area contributed by atoms with Crippen molar-refractivity contribution in [1.29, 1.82) is 0 Å². The first-order valence-electron chi connectivity index (χ1n) is 9.42. The van der Waals surface area contributed by atoms with Crippen LogP contribution in [0.4, 0.5) is 0 Å². The monoisotopic (exact) mass is 397 g/mol. The maximum atomic E-state index is 5.89. The van der Waals surface area contributed by atoms with Gasteiger partial charge >= 0.3 is 0 Å². The van der Waals surface area contributed by atoms with Crippen LogP contribution in [0.25, 0.3) is 22.2 Å². The van der Waals surface area contributed by atoms with Crippen LogP contribution in [0.1, 0.15) is 58.8 Å². The van der Waals surface area contributed by atoms with Crippen molar-refractivity contribution in [3.63, 3.8) is 0 Å². The molecule has 0 bridgehead atoms. The number of fused-ring (bicyclic) bond motifs is 2. The first kappa shape index (κ1) is 20.3. The number of rotatable bonds is 0. The molecule has 0 spiro atoms. The molecular formula is C22H28ClN5. The van der Waals surface area contributed by atoms with E-state index in [9.17, 15) is 0 Å². The molecule has 2 N–H and O–H groups in total. The molecule has 4 aromatic rings. The maximum Gasteiger partial charge on any atom is 0.177 e. The van der Waals surface area contributed by atoms with Crippen molar-refractivity contribution in [2.24, 2.45) is 0 Å². The van der Waals surface area contributed by atoms with Crippen LogP contribution in [0, 0.1) is 6.92 Å². The molecule has 5 nitrogen and oxygen atoms in total. The highest BCUT2D eigenvalue weighted by Gasteiger charge is 2.19. The highest BCUT2D eigenvalue weighted by atomic mass is 35.5. The van der Waals surface area contributed by atoms with Gasteiger partial charge in [0.15, 0.2) is 5.65 Å². The van der Waals surface area contributed by atoms with Gasteiger partial charge in [0.2, 0.25) is 0 Å². The Balaban J connectivity index is 0.000000161. The Morgan fingerprint density at radius 2 is 1.43 bits per heavy atom. The lowest BCUT2D eigenvalue weighted by Crippen LogP contribution is -2.12. The normalized spacial score (nSPS) is 12.3. The van der Waals surface area contributed by atoms with Crippen LogP contribution in [-0.2, 0) is 10.8 Å². The number of nitrogens with one attached hydrogen (secondary N) is 2. The van der Waals surface area contributed by atoms with Crippen molar-refractivity contribution in [3.8, 4) is 0 Å². The molecule has 0 amide bonds. The fourth-order valence-electron chi connectivity index (χ4n) is 2.70. The van der Waals surface area contributed by atoms with Crippen molar-refractivity contribution >= 4 is 33.8 Å². The average molecular weight is 398 g/mol. The van der Waals surface area contributed by atoms with Crippen molar-refractivity contribution in [2.75, 3.05) is 0 Å². The number of aromatic amines is 2. The van der Waals surface area contributed by atoms with E-state index in [0.717, 1.165) is 44.4 Å². The van der Waals surface area contributed by atoms with Gasteiger partial charge in [-0.05, 0) is 36.8 Å². The van der Waals surface area contributed by atoms with E-state index in [-0.39, 0.29) is 10.8 Å². The second-order valence-corrected chi connectivity index (χ2v) is 9.65. The van der Waals surface area contributed by atoms with Gasteiger partial charge in [0.1, 0.15) is 11.6 Å². The largest absolute Gasteiger partial charge is 0.341 e. The molecule has 0 aliphatic rings. The molecular weight excluding hydrogens is 370 g/mol. The van der Waals surface area contributed by atoms with E-state index in [1.54, 1.807) is 0 Å². The topological polar surface area (TPSA) is 70.2 Å². The molecule has 0 aliphatic heterocycles. The number of hydrogen-bond donors (Lipinski definition) is 2. The molecule has 0 unspecified atom stereocenters. The highest BCUT2D eigenvalue weighted by molar-refractivity contribution is 6.31. The minimum atomic E-state index is 0.0471. The summed E-state index contributed by atoms with van der Waals surface area (Å²) in [4.78, 5) is 19.8. The highest BCUT2D eigenvalue weighted by Crippen LogP contribution is 2.24. The standard InChI is InChI=1S/C11H13ClN2.C11H15N3/c1-11(2,3)10-13-8-5-4-7(12)6-9(8)14-10;1-7-5-8-9(12-6-7)14-10(13-8)11(2,3)4/h4-6H,1-3H3,(H,13,14);5-6H,1-4H3,(H,12,13,14). The average Bonchev–Trinajstić information content (AvgIpc) is 3.17. The van der Waals surface area contributed by atoms with E-state index in [4.69, 9.17) is 11.6 Å². The summed E-state index contributed by atoms with van der Waals surface area (Å²) in [6, 6.07) is 7.77. The lowest BCUT2D eigenvalue weighted by atomic mass is 9.96. The Bertz CT molecular complexity index is 1020. The van der Waals surface area contributed by atoms with Gasteiger partial charge < -0.3 is 9.97 Å². The van der Waals surface area contributed by atoms with Crippen molar-refractivity contribution in [2.45, 2.75) is 59.3 Å². The second-order valence-electron chi connectivity index (χ2n) is 9.22. The zero-order valence-electron chi connectivity index (χ0n) is 17.6. The Labute approximate surface area is 171 Å². The summed E-state index contributed by atoms with van der Waals surface area (Å²) in [6.45, 7) is 14.8. The van der Waals surface area contributed by atoms with Gasteiger partial charge in [-0.15, -0.1) is 0 Å². The fraction of sp³-hybridized carbons (Fsp3) is 0.409. The van der Waals surface area contributed by atoms with E-state index in [1.165, 1.54) is 0 Å². The van der Waals surface area contributed by atoms with Gasteiger partial charge in [0.05, 0.1) is 16.6 Å². The number of pyridine rings is 1. The third-order valence-electron chi connectivity index (χ3n) is 4.34. The molecule has 0 atom stereocenters. The van der Waals surface area contributed by atoms with Gasteiger partial charge in [-0.2, -0.15) is 0 Å². The third-order valence-corrected chi connectivity index (χ3v) is 4.57. The van der Waals surface area contributed by atoms with Crippen LogP contribution in [-0.4, -0.2) is 24.9 Å². The van der Waals surface area contributed by atoms with E-state index < -0.39 is 0 Å². The Morgan fingerprint density at radius 1 is 0.821 bits per heavy atom. The minimum Gasteiger partial charge on any atom is -0.341 e. The lowest BCUT2D eigenvalue weighted by molar-refractivity contribution is 0.554. The third kappa shape index (κ3) is 4.53. The quantitative estimate of drug-likeness (QED) is 0.377. The van der Waals surface area contributed by atoms with E-state index in [2.05, 4.69) is 72.5 Å². The lowest BCUT2D eigenvalue weighted by Gasteiger charge is -2.13. The van der Waals surface area contributed by atoms with E-state index in [1.807, 2.05) is 31.3 Å². The zero-order valence-corrected chi connectivity index (χ0v) is 18.4. The summed E-state index contributed by atoms with van der Waals surface area (Å²) in [5.74, 6) is 1.99. The number of H-pyrrole nitrogens is 2. The summed E-state index contributed by atoms with van der Waals surface area (Å²) in [5.41, 5.74) is 5.05. The second kappa shape index (κ2) is 7.21. The number of nitrogens with zero attached hydrogens (tertiary/aromatic N) is 3. The number of hydrogen-bond acceptors (Lipinski definition) is 3. The zero-order chi connectivity index (χ0) is 20.7. The number of imidazole rings is 2. The molecule has 148 valence electrons. The van der Waals surface area contributed by atoms with Crippen LogP contribution < -0.4 is 0 Å². The Kier molecular flexibility index (Phi) is 5.24. The number of aromatic nitrogens is 5. The van der Waals surface area contributed by atoms with Crippen LogP contribution in [0.15, 0.2) is 30.5 Å². The number of aryl methyl sites for hydroxylation is 1. The van der Waals surface area contributed by atoms with Crippen molar-refractivity contribution in [3.05, 3.63) is 52.7 Å². The van der Waals surface area contributed by atoms with Gasteiger partial charge in [-0.1, -0.05) is 53.1 Å². The van der Waals surface area contributed by atoms with Gasteiger partial charge in [0.25, 0.3) is 0 Å². The molecule has 0 saturated heterocycles. The van der Waals surface area contributed by atoms with Gasteiger partial charge in [-0.3, -0.25) is 0 Å². The first-order valence-corrected chi connectivity index (χ1v) is 9.80. The molecule has 28 heavy (non-hydrogen) atoms. The fourth-order valence-corrected chi connectivity index (χ4v) is 2.87. The summed E-state index contributed by atoms with van der Waals surface area (Å²) >= 11 is 5.89. The first-order chi connectivity index (χ1) is 12.9. The van der Waals surface area contributed by atoms with Crippen molar-refractivity contribution in [1.82, 2.24) is 24.9 Å². The van der Waals surface area contributed by atoms with Gasteiger partial charge in [-0.25, -0.2) is 15.0 Å². The summed E-state index contributed by atoms with van der Waals surface area (Å²) < 4.78 is 0. The van der Waals surface area contributed by atoms with Crippen LogP contribution in [0.5, 0.6) is 0 Å². The van der Waals surface area contributed by atoms with E-state index in [0.29, 0.717) is 0 Å². The molecule has 3 aromatic heterocycles. The Hall–Kier alpha value is -2.40. The number of halogens is 1. The summed E-state index contributed by atoms with van der Waals surface area (Å²) in [5, 5.41) is 0.738. The van der Waals surface area contributed by atoms with Crippen molar-refractivity contribution < 1.29 is 0 Å². The molecule has 0 fully saturated rings.